The topological polar surface area (TPSA) is 46.2 Å². The van der Waals surface area contributed by atoms with Crippen molar-refractivity contribution in [2.24, 2.45) is 10.8 Å². The summed E-state index contributed by atoms with van der Waals surface area (Å²) in [5.41, 5.74) is 0.0480. The Kier molecular flexibility index (Phi) is 8.84. The summed E-state index contributed by atoms with van der Waals surface area (Å²) < 4.78 is 0. The predicted octanol–water partition coefficient (Wildman–Crippen LogP) is 4.49. The van der Waals surface area contributed by atoms with Gasteiger partial charge in [0.15, 0.2) is 0 Å². The second kappa shape index (κ2) is 9.22. The average Bonchev–Trinajstić information content (AvgIpc) is 2.31. The monoisotopic (exact) mass is 297 g/mol. The fraction of sp³-hybridized carbons (Fsp3) is 0.889. The summed E-state index contributed by atoms with van der Waals surface area (Å²) >= 11 is 0. The first-order valence-corrected chi connectivity index (χ1v) is 8.32. The molecule has 0 bridgehead atoms. The third kappa shape index (κ3) is 12.6. The first-order valence-electron chi connectivity index (χ1n) is 8.32. The molecule has 124 valence electrons. The Labute approximate surface area is 131 Å². The molecule has 0 aliphatic rings. The molecule has 0 saturated heterocycles. The fourth-order valence-corrected chi connectivity index (χ4v) is 2.03. The van der Waals surface area contributed by atoms with Gasteiger partial charge in [-0.1, -0.05) is 54.4 Å². The van der Waals surface area contributed by atoms with Crippen molar-refractivity contribution < 1.29 is 9.59 Å². The summed E-state index contributed by atoms with van der Waals surface area (Å²) in [6.45, 7) is 13.0. The molecule has 0 aliphatic heterocycles. The van der Waals surface area contributed by atoms with E-state index in [9.17, 15) is 9.59 Å². The zero-order valence-corrected chi connectivity index (χ0v) is 15.0. The molecular formula is C18H35NO2. The van der Waals surface area contributed by atoms with Crippen LogP contribution in [0.1, 0.15) is 86.5 Å². The van der Waals surface area contributed by atoms with Crippen LogP contribution in [0.3, 0.4) is 0 Å². The molecule has 0 aromatic heterocycles. The molecule has 0 heterocycles. The van der Waals surface area contributed by atoms with Crippen LogP contribution in [0.4, 0.5) is 0 Å². The van der Waals surface area contributed by atoms with Gasteiger partial charge in [-0.05, 0) is 24.7 Å². The van der Waals surface area contributed by atoms with Gasteiger partial charge >= 0.3 is 0 Å². The maximum atomic E-state index is 11.7. The summed E-state index contributed by atoms with van der Waals surface area (Å²) in [6.07, 6.45) is 6.61. The third-order valence-corrected chi connectivity index (χ3v) is 3.48. The SMILES string of the molecule is CC(C)(C)CCCCCC(=O)CCCNC(=O)C(C)(C)C. The van der Waals surface area contributed by atoms with Crippen molar-refractivity contribution in [2.45, 2.75) is 86.5 Å². The highest BCUT2D eigenvalue weighted by atomic mass is 16.2. The maximum Gasteiger partial charge on any atom is 0.225 e. The molecule has 0 saturated carbocycles. The molecule has 1 N–H and O–H groups in total. The molecule has 3 nitrogen and oxygen atoms in total. The quantitative estimate of drug-likeness (QED) is 0.637. The van der Waals surface area contributed by atoms with Crippen LogP contribution in [0.25, 0.3) is 0 Å². The minimum absolute atomic E-state index is 0.0529. The fourth-order valence-electron chi connectivity index (χ4n) is 2.03. The molecule has 0 rings (SSSR count). The Hall–Kier alpha value is -0.860. The first-order chi connectivity index (χ1) is 9.52. The highest BCUT2D eigenvalue weighted by Crippen LogP contribution is 2.22. The summed E-state index contributed by atoms with van der Waals surface area (Å²) in [4.78, 5) is 23.4. The van der Waals surface area contributed by atoms with E-state index in [0.717, 1.165) is 19.3 Å². The highest BCUT2D eigenvalue weighted by Gasteiger charge is 2.20. The second-order valence-electron chi connectivity index (χ2n) is 8.27. The van der Waals surface area contributed by atoms with Crippen LogP contribution in [0, 0.1) is 10.8 Å². The summed E-state index contributed by atoms with van der Waals surface area (Å²) in [5.74, 6) is 0.382. The Morgan fingerprint density at radius 1 is 0.810 bits per heavy atom. The van der Waals surface area contributed by atoms with Crippen molar-refractivity contribution in [1.29, 1.82) is 0 Å². The number of amides is 1. The number of carbonyl (C=O) groups is 2. The van der Waals surface area contributed by atoms with Crippen molar-refractivity contribution in [3.05, 3.63) is 0 Å². The minimum Gasteiger partial charge on any atom is -0.356 e. The molecule has 3 heteroatoms. The second-order valence-corrected chi connectivity index (χ2v) is 8.27. The van der Waals surface area contributed by atoms with Gasteiger partial charge in [0, 0.05) is 24.8 Å². The molecule has 0 fully saturated rings. The van der Waals surface area contributed by atoms with Crippen molar-refractivity contribution in [2.75, 3.05) is 6.54 Å². The Bertz CT molecular complexity index is 321. The van der Waals surface area contributed by atoms with Gasteiger partial charge in [0.25, 0.3) is 0 Å². The number of ketones is 1. The van der Waals surface area contributed by atoms with Crippen LogP contribution < -0.4 is 5.32 Å². The van der Waals surface area contributed by atoms with Crippen molar-refractivity contribution in [1.82, 2.24) is 5.32 Å². The van der Waals surface area contributed by atoms with E-state index in [1.54, 1.807) is 0 Å². The van der Waals surface area contributed by atoms with Gasteiger partial charge in [0.2, 0.25) is 5.91 Å². The molecule has 21 heavy (non-hydrogen) atoms. The average molecular weight is 297 g/mol. The van der Waals surface area contributed by atoms with Crippen LogP contribution >= 0.6 is 0 Å². The lowest BCUT2D eigenvalue weighted by molar-refractivity contribution is -0.128. The minimum atomic E-state index is -0.350. The van der Waals surface area contributed by atoms with Gasteiger partial charge in [-0.2, -0.15) is 0 Å². The van der Waals surface area contributed by atoms with Gasteiger partial charge in [0.05, 0.1) is 0 Å². The van der Waals surface area contributed by atoms with Crippen molar-refractivity contribution in [3.8, 4) is 0 Å². The van der Waals surface area contributed by atoms with Gasteiger partial charge in [-0.15, -0.1) is 0 Å². The van der Waals surface area contributed by atoms with Crippen LogP contribution in [0.2, 0.25) is 0 Å². The lowest BCUT2D eigenvalue weighted by Crippen LogP contribution is -2.35. The van der Waals surface area contributed by atoms with Crippen molar-refractivity contribution >= 4 is 11.7 Å². The molecular weight excluding hydrogens is 262 g/mol. The number of nitrogens with one attached hydrogen (secondary N) is 1. The number of hydrogen-bond acceptors (Lipinski definition) is 2. The third-order valence-electron chi connectivity index (χ3n) is 3.48. The predicted molar refractivity (Wildman–Crippen MR) is 89.2 cm³/mol. The van der Waals surface area contributed by atoms with Gasteiger partial charge in [-0.3, -0.25) is 9.59 Å². The lowest BCUT2D eigenvalue weighted by atomic mass is 9.89. The molecule has 0 unspecified atom stereocenters. The zero-order chi connectivity index (χ0) is 16.5. The van der Waals surface area contributed by atoms with Crippen LogP contribution in [-0.2, 0) is 9.59 Å². The van der Waals surface area contributed by atoms with Crippen molar-refractivity contribution in [3.63, 3.8) is 0 Å². The van der Waals surface area contributed by atoms with E-state index in [2.05, 4.69) is 26.1 Å². The molecule has 0 aromatic carbocycles. The van der Waals surface area contributed by atoms with E-state index in [0.29, 0.717) is 30.6 Å². The zero-order valence-electron chi connectivity index (χ0n) is 15.0. The Balaban J connectivity index is 3.54. The molecule has 0 radical (unpaired) electrons. The van der Waals surface area contributed by atoms with E-state index < -0.39 is 0 Å². The van der Waals surface area contributed by atoms with E-state index in [1.165, 1.54) is 12.8 Å². The van der Waals surface area contributed by atoms with Crippen LogP contribution in [0.5, 0.6) is 0 Å². The molecule has 0 aromatic rings. The first kappa shape index (κ1) is 20.1. The number of Topliss-reactive ketones (excluding diaryl/α,β-unsaturated/α-hetero) is 1. The van der Waals surface area contributed by atoms with E-state index >= 15 is 0 Å². The molecule has 0 spiro atoms. The molecule has 0 atom stereocenters. The van der Waals surface area contributed by atoms with Gasteiger partial charge < -0.3 is 5.32 Å². The lowest BCUT2D eigenvalue weighted by Gasteiger charge is -2.17. The number of carbonyl (C=O) groups excluding carboxylic acids is 2. The van der Waals surface area contributed by atoms with Gasteiger partial charge in [0.1, 0.15) is 5.78 Å². The summed E-state index contributed by atoms with van der Waals surface area (Å²) in [5, 5.41) is 2.88. The number of rotatable bonds is 9. The van der Waals surface area contributed by atoms with E-state index in [4.69, 9.17) is 0 Å². The Morgan fingerprint density at radius 2 is 1.38 bits per heavy atom. The molecule has 1 amide bonds. The van der Waals surface area contributed by atoms with Crippen LogP contribution in [0.15, 0.2) is 0 Å². The molecule has 0 aliphatic carbocycles. The number of unbranched alkanes of at least 4 members (excludes halogenated alkanes) is 2. The maximum absolute atomic E-state index is 11.7. The summed E-state index contributed by atoms with van der Waals surface area (Å²) in [7, 11) is 0. The Morgan fingerprint density at radius 3 is 1.90 bits per heavy atom. The van der Waals surface area contributed by atoms with E-state index in [1.807, 2.05) is 20.8 Å². The normalized spacial score (nSPS) is 12.3. The smallest absolute Gasteiger partial charge is 0.225 e. The number of hydrogen-bond donors (Lipinski definition) is 1. The van der Waals surface area contributed by atoms with Gasteiger partial charge in [-0.25, -0.2) is 0 Å². The standard InChI is InChI=1S/C18H35NO2/c1-17(2,3)13-9-7-8-11-15(20)12-10-14-19-16(21)18(4,5)6/h7-14H2,1-6H3,(H,19,21). The summed E-state index contributed by atoms with van der Waals surface area (Å²) in [6, 6.07) is 0. The highest BCUT2D eigenvalue weighted by molar-refractivity contribution is 5.81. The van der Waals surface area contributed by atoms with Crippen LogP contribution in [-0.4, -0.2) is 18.2 Å². The van der Waals surface area contributed by atoms with E-state index in [-0.39, 0.29) is 11.3 Å². The largest absolute Gasteiger partial charge is 0.356 e.